The molecule has 1 N–H and O–H groups in total. The Morgan fingerprint density at radius 1 is 1.31 bits per heavy atom. The van der Waals surface area contributed by atoms with E-state index in [2.05, 4.69) is 24.0 Å². The lowest BCUT2D eigenvalue weighted by Gasteiger charge is -2.15. The third-order valence-corrected chi connectivity index (χ3v) is 4.72. The zero-order chi connectivity index (χ0) is 9.10. The standard InChI is InChI=1S/C11H21NS/c1-9-6-11(8-13-9)12-7-10-4-2-3-5-10/h9-12H,2-8H2,1H3. The molecule has 1 aliphatic carbocycles. The number of rotatable bonds is 3. The molecule has 2 aliphatic rings. The number of hydrogen-bond donors (Lipinski definition) is 1. The van der Waals surface area contributed by atoms with Crippen LogP contribution in [0.1, 0.15) is 39.0 Å². The van der Waals surface area contributed by atoms with Gasteiger partial charge in [-0.15, -0.1) is 0 Å². The number of thioether (sulfide) groups is 1. The fourth-order valence-electron chi connectivity index (χ4n) is 2.51. The first kappa shape index (κ1) is 9.85. The van der Waals surface area contributed by atoms with E-state index in [4.69, 9.17) is 0 Å². The first-order valence-electron chi connectivity index (χ1n) is 5.69. The van der Waals surface area contributed by atoms with Crippen LogP contribution in [-0.4, -0.2) is 23.6 Å². The predicted octanol–water partition coefficient (Wildman–Crippen LogP) is 2.66. The van der Waals surface area contributed by atoms with Gasteiger partial charge in [0.1, 0.15) is 0 Å². The molecule has 0 amide bonds. The minimum atomic E-state index is 0.820. The predicted molar refractivity (Wildman–Crippen MR) is 60.3 cm³/mol. The Kier molecular flexibility index (Phi) is 3.56. The smallest absolute Gasteiger partial charge is 0.0168 e. The van der Waals surface area contributed by atoms with Gasteiger partial charge in [-0.1, -0.05) is 19.8 Å². The summed E-state index contributed by atoms with van der Waals surface area (Å²) in [4.78, 5) is 0. The molecule has 2 unspecified atom stereocenters. The summed E-state index contributed by atoms with van der Waals surface area (Å²) < 4.78 is 0. The highest BCUT2D eigenvalue weighted by Crippen LogP contribution is 2.27. The normalized spacial score (nSPS) is 35.8. The molecule has 13 heavy (non-hydrogen) atoms. The Morgan fingerprint density at radius 3 is 2.69 bits per heavy atom. The van der Waals surface area contributed by atoms with Crippen molar-refractivity contribution >= 4 is 11.8 Å². The molecule has 1 saturated carbocycles. The van der Waals surface area contributed by atoms with Gasteiger partial charge in [0, 0.05) is 17.0 Å². The van der Waals surface area contributed by atoms with Crippen LogP contribution >= 0.6 is 11.8 Å². The zero-order valence-corrected chi connectivity index (χ0v) is 9.41. The van der Waals surface area contributed by atoms with Crippen LogP contribution in [0, 0.1) is 5.92 Å². The fraction of sp³-hybridized carbons (Fsp3) is 1.00. The maximum absolute atomic E-state index is 3.73. The molecule has 1 nitrogen and oxygen atoms in total. The molecule has 0 aromatic carbocycles. The van der Waals surface area contributed by atoms with Gasteiger partial charge < -0.3 is 5.32 Å². The highest BCUT2D eigenvalue weighted by atomic mass is 32.2. The molecule has 0 aromatic rings. The van der Waals surface area contributed by atoms with Crippen LogP contribution in [-0.2, 0) is 0 Å². The highest BCUT2D eigenvalue weighted by molar-refractivity contribution is 8.00. The summed E-state index contributed by atoms with van der Waals surface area (Å²) in [6.07, 6.45) is 7.28. The SMILES string of the molecule is CC1CC(NCC2CCCC2)CS1. The third-order valence-electron chi connectivity index (χ3n) is 3.37. The molecule has 2 rings (SSSR count). The molecule has 1 heterocycles. The molecular weight excluding hydrogens is 178 g/mol. The monoisotopic (exact) mass is 199 g/mol. The molecule has 1 aliphatic heterocycles. The van der Waals surface area contributed by atoms with Crippen LogP contribution in [0.25, 0.3) is 0 Å². The van der Waals surface area contributed by atoms with Crippen LogP contribution in [0.5, 0.6) is 0 Å². The van der Waals surface area contributed by atoms with E-state index in [1.54, 1.807) is 0 Å². The summed E-state index contributed by atoms with van der Waals surface area (Å²) >= 11 is 2.13. The van der Waals surface area contributed by atoms with Gasteiger partial charge in [0.2, 0.25) is 0 Å². The van der Waals surface area contributed by atoms with Crippen LogP contribution in [0.4, 0.5) is 0 Å². The lowest BCUT2D eigenvalue weighted by Crippen LogP contribution is -2.32. The molecular formula is C11H21NS. The minimum absolute atomic E-state index is 0.820. The second kappa shape index (κ2) is 4.70. The van der Waals surface area contributed by atoms with Crippen molar-refractivity contribution in [3.05, 3.63) is 0 Å². The topological polar surface area (TPSA) is 12.0 Å². The van der Waals surface area contributed by atoms with Crippen molar-refractivity contribution < 1.29 is 0 Å². The zero-order valence-electron chi connectivity index (χ0n) is 8.59. The first-order valence-corrected chi connectivity index (χ1v) is 6.74. The molecule has 0 aromatic heterocycles. The van der Waals surface area contributed by atoms with E-state index in [9.17, 15) is 0 Å². The van der Waals surface area contributed by atoms with Gasteiger partial charge in [0.25, 0.3) is 0 Å². The lowest BCUT2D eigenvalue weighted by molar-refractivity contribution is 0.442. The maximum Gasteiger partial charge on any atom is 0.0168 e. The van der Waals surface area contributed by atoms with Crippen LogP contribution in [0.3, 0.4) is 0 Å². The second-order valence-electron chi connectivity index (χ2n) is 4.64. The molecule has 2 fully saturated rings. The molecule has 2 atom stereocenters. The van der Waals surface area contributed by atoms with Gasteiger partial charge in [-0.3, -0.25) is 0 Å². The fourth-order valence-corrected chi connectivity index (χ4v) is 3.69. The first-order chi connectivity index (χ1) is 6.34. The van der Waals surface area contributed by atoms with Crippen molar-refractivity contribution in [3.8, 4) is 0 Å². The quantitative estimate of drug-likeness (QED) is 0.750. The summed E-state index contributed by atoms with van der Waals surface area (Å²) in [7, 11) is 0. The number of nitrogens with one attached hydrogen (secondary N) is 1. The van der Waals surface area contributed by atoms with Gasteiger partial charge in [-0.05, 0) is 31.7 Å². The highest BCUT2D eigenvalue weighted by Gasteiger charge is 2.23. The van der Waals surface area contributed by atoms with E-state index in [-0.39, 0.29) is 0 Å². The summed E-state index contributed by atoms with van der Waals surface area (Å²) in [5.41, 5.74) is 0. The van der Waals surface area contributed by atoms with E-state index in [0.29, 0.717) is 0 Å². The van der Waals surface area contributed by atoms with Crippen molar-refractivity contribution in [2.45, 2.75) is 50.3 Å². The van der Waals surface area contributed by atoms with Crippen molar-refractivity contribution in [2.24, 2.45) is 5.92 Å². The molecule has 0 spiro atoms. The largest absolute Gasteiger partial charge is 0.313 e. The van der Waals surface area contributed by atoms with Crippen LogP contribution < -0.4 is 5.32 Å². The van der Waals surface area contributed by atoms with E-state index >= 15 is 0 Å². The number of hydrogen-bond acceptors (Lipinski definition) is 2. The Hall–Kier alpha value is 0.310. The average Bonchev–Trinajstić information content (AvgIpc) is 2.71. The van der Waals surface area contributed by atoms with E-state index < -0.39 is 0 Å². The van der Waals surface area contributed by atoms with Gasteiger partial charge in [-0.2, -0.15) is 11.8 Å². The van der Waals surface area contributed by atoms with Crippen LogP contribution in [0.15, 0.2) is 0 Å². The van der Waals surface area contributed by atoms with Crippen molar-refractivity contribution in [1.29, 1.82) is 0 Å². The summed E-state index contributed by atoms with van der Waals surface area (Å²) in [5, 5.41) is 4.62. The second-order valence-corrected chi connectivity index (χ2v) is 6.11. The summed E-state index contributed by atoms with van der Waals surface area (Å²) in [5.74, 6) is 2.34. The van der Waals surface area contributed by atoms with Gasteiger partial charge >= 0.3 is 0 Å². The van der Waals surface area contributed by atoms with Gasteiger partial charge in [0.05, 0.1) is 0 Å². The third kappa shape index (κ3) is 2.88. The molecule has 0 bridgehead atoms. The van der Waals surface area contributed by atoms with E-state index in [0.717, 1.165) is 17.2 Å². The van der Waals surface area contributed by atoms with Gasteiger partial charge in [-0.25, -0.2) is 0 Å². The summed E-state index contributed by atoms with van der Waals surface area (Å²) in [6, 6.07) is 0.820. The molecule has 76 valence electrons. The van der Waals surface area contributed by atoms with E-state index in [1.165, 1.54) is 44.4 Å². The molecule has 2 heteroatoms. The summed E-state index contributed by atoms with van der Waals surface area (Å²) in [6.45, 7) is 3.64. The Bertz CT molecular complexity index is 154. The van der Waals surface area contributed by atoms with Gasteiger partial charge in [0.15, 0.2) is 0 Å². The van der Waals surface area contributed by atoms with Crippen molar-refractivity contribution in [1.82, 2.24) is 5.32 Å². The van der Waals surface area contributed by atoms with Crippen molar-refractivity contribution in [2.75, 3.05) is 12.3 Å². The Morgan fingerprint density at radius 2 is 2.08 bits per heavy atom. The Labute approximate surface area is 86.0 Å². The molecule has 0 radical (unpaired) electrons. The van der Waals surface area contributed by atoms with E-state index in [1.807, 2.05) is 0 Å². The maximum atomic E-state index is 3.73. The average molecular weight is 199 g/mol. The van der Waals surface area contributed by atoms with Crippen LogP contribution in [0.2, 0.25) is 0 Å². The Balaban J connectivity index is 1.62. The molecule has 1 saturated heterocycles. The van der Waals surface area contributed by atoms with Crippen molar-refractivity contribution in [3.63, 3.8) is 0 Å². The lowest BCUT2D eigenvalue weighted by atomic mass is 10.1. The minimum Gasteiger partial charge on any atom is -0.313 e.